The van der Waals surface area contributed by atoms with Gasteiger partial charge in [0.2, 0.25) is 0 Å². The summed E-state index contributed by atoms with van der Waals surface area (Å²) in [6.07, 6.45) is 3.94. The number of aryl methyl sites for hydroxylation is 1. The van der Waals surface area contributed by atoms with Gasteiger partial charge in [0, 0.05) is 66.3 Å². The number of fused-ring (bicyclic) bond motifs is 1. The number of aliphatic hydroxyl groups excluding tert-OH is 1. The first kappa shape index (κ1) is 18.3. The van der Waals surface area contributed by atoms with Crippen LogP contribution in [0.3, 0.4) is 0 Å². The Bertz CT molecular complexity index is 1030. The maximum Gasteiger partial charge on any atom is 0.265 e. The molecule has 4 nitrogen and oxygen atoms in total. The van der Waals surface area contributed by atoms with Gasteiger partial charge in [-0.15, -0.1) is 0 Å². The highest BCUT2D eigenvalue weighted by atomic mass is 19.3. The Morgan fingerprint density at radius 2 is 1.93 bits per heavy atom. The Morgan fingerprint density at radius 3 is 2.68 bits per heavy atom. The Kier molecular flexibility index (Phi) is 5.18. The number of pyridine rings is 1. The smallest absolute Gasteiger partial charge is 0.265 e. The number of halogens is 2. The maximum absolute atomic E-state index is 12.7. The molecule has 0 amide bonds. The average molecular weight is 379 g/mol. The summed E-state index contributed by atoms with van der Waals surface area (Å²) < 4.78 is 27.6. The number of rotatable bonds is 3. The van der Waals surface area contributed by atoms with Crippen LogP contribution in [0.4, 0.5) is 8.78 Å². The van der Waals surface area contributed by atoms with Crippen LogP contribution < -0.4 is 0 Å². The van der Waals surface area contributed by atoms with Crippen molar-refractivity contribution in [2.24, 2.45) is 5.92 Å². The third-order valence-corrected chi connectivity index (χ3v) is 4.89. The highest BCUT2D eigenvalue weighted by Crippen LogP contribution is 2.25. The minimum absolute atomic E-state index is 0.130. The van der Waals surface area contributed by atoms with Gasteiger partial charge in [0.1, 0.15) is 5.82 Å². The molecule has 2 aromatic heterocycles. The molecule has 0 radical (unpaired) electrons. The average Bonchev–Trinajstić information content (AvgIpc) is 3.16. The zero-order valence-electron chi connectivity index (χ0n) is 15.1. The lowest BCUT2D eigenvalue weighted by Crippen LogP contribution is -2.22. The van der Waals surface area contributed by atoms with Crippen LogP contribution >= 0.6 is 0 Å². The second-order valence-electron chi connectivity index (χ2n) is 6.92. The summed E-state index contributed by atoms with van der Waals surface area (Å²) in [5, 5.41) is 9.36. The molecule has 4 rings (SSSR count). The number of hydrogen-bond acceptors (Lipinski definition) is 3. The number of hydrogen-bond donors (Lipinski definition) is 1. The second kappa shape index (κ2) is 7.91. The fourth-order valence-corrected chi connectivity index (χ4v) is 3.32. The molecule has 0 aliphatic carbocycles. The van der Waals surface area contributed by atoms with Crippen LogP contribution in [0.5, 0.6) is 0 Å². The van der Waals surface area contributed by atoms with Crippen molar-refractivity contribution in [1.29, 1.82) is 0 Å². The summed E-state index contributed by atoms with van der Waals surface area (Å²) in [7, 11) is 0. The van der Waals surface area contributed by atoms with Crippen LogP contribution in [0.25, 0.3) is 11.3 Å². The van der Waals surface area contributed by atoms with E-state index < -0.39 is 6.43 Å². The first-order chi connectivity index (χ1) is 13.6. The first-order valence-corrected chi connectivity index (χ1v) is 9.15. The molecule has 142 valence electrons. The van der Waals surface area contributed by atoms with E-state index in [1.807, 2.05) is 30.5 Å². The standard InChI is InChI=1S/C22H19F2N3O/c23-22(24)19-9-16(10-25-11-19)2-1-15-3-6-18(7-4-15)20-13-27-12-17(14-28)5-8-21(27)26-20/h3-4,6-7,9-11,13,17,22,28H,5,8,12,14H2. The Morgan fingerprint density at radius 1 is 1.14 bits per heavy atom. The largest absolute Gasteiger partial charge is 0.396 e. The molecule has 1 aliphatic rings. The van der Waals surface area contributed by atoms with Crippen molar-refractivity contribution in [3.05, 3.63) is 71.4 Å². The number of alkyl halides is 2. The molecule has 1 unspecified atom stereocenters. The highest BCUT2D eigenvalue weighted by molar-refractivity contribution is 5.60. The summed E-state index contributed by atoms with van der Waals surface area (Å²) >= 11 is 0. The third-order valence-electron chi connectivity index (χ3n) is 4.89. The van der Waals surface area contributed by atoms with E-state index in [4.69, 9.17) is 4.98 Å². The zero-order chi connectivity index (χ0) is 19.5. The van der Waals surface area contributed by atoms with Crippen molar-refractivity contribution in [3.8, 4) is 23.1 Å². The highest BCUT2D eigenvalue weighted by Gasteiger charge is 2.20. The molecule has 3 heterocycles. The molecule has 0 fully saturated rings. The predicted molar refractivity (Wildman–Crippen MR) is 102 cm³/mol. The van der Waals surface area contributed by atoms with Crippen molar-refractivity contribution in [3.63, 3.8) is 0 Å². The Balaban J connectivity index is 1.51. The van der Waals surface area contributed by atoms with E-state index in [1.165, 1.54) is 12.3 Å². The Labute approximate surface area is 161 Å². The van der Waals surface area contributed by atoms with Gasteiger partial charge in [0.15, 0.2) is 0 Å². The van der Waals surface area contributed by atoms with Gasteiger partial charge in [-0.2, -0.15) is 0 Å². The van der Waals surface area contributed by atoms with Crippen molar-refractivity contribution < 1.29 is 13.9 Å². The molecule has 1 aliphatic heterocycles. The first-order valence-electron chi connectivity index (χ1n) is 9.15. The van der Waals surface area contributed by atoms with Crippen LogP contribution in [-0.2, 0) is 13.0 Å². The van der Waals surface area contributed by atoms with Crippen LogP contribution in [0.1, 0.15) is 35.4 Å². The molecule has 6 heteroatoms. The van der Waals surface area contributed by atoms with E-state index in [0.717, 1.165) is 48.2 Å². The van der Waals surface area contributed by atoms with Crippen molar-refractivity contribution in [2.45, 2.75) is 25.8 Å². The normalized spacial score (nSPS) is 15.8. The molecular formula is C22H19F2N3O. The van der Waals surface area contributed by atoms with Gasteiger partial charge >= 0.3 is 0 Å². The van der Waals surface area contributed by atoms with Crippen molar-refractivity contribution in [2.75, 3.05) is 6.61 Å². The summed E-state index contributed by atoms with van der Waals surface area (Å²) in [6.45, 7) is 1.00. The minimum atomic E-state index is -2.55. The zero-order valence-corrected chi connectivity index (χ0v) is 15.1. The topological polar surface area (TPSA) is 50.9 Å². The number of aromatic nitrogens is 3. The predicted octanol–water partition coefficient (Wildman–Crippen LogP) is 3.84. The van der Waals surface area contributed by atoms with Crippen LogP contribution in [0, 0.1) is 17.8 Å². The summed E-state index contributed by atoms with van der Waals surface area (Å²) in [5.74, 6) is 7.20. The summed E-state index contributed by atoms with van der Waals surface area (Å²) in [4.78, 5) is 8.51. The van der Waals surface area contributed by atoms with Gasteiger partial charge in [0.05, 0.1) is 5.69 Å². The molecule has 0 spiro atoms. The van der Waals surface area contributed by atoms with E-state index in [1.54, 1.807) is 0 Å². The van der Waals surface area contributed by atoms with E-state index in [0.29, 0.717) is 11.5 Å². The van der Waals surface area contributed by atoms with E-state index in [-0.39, 0.29) is 12.2 Å². The van der Waals surface area contributed by atoms with Gasteiger partial charge in [-0.05, 0) is 24.6 Å². The quantitative estimate of drug-likeness (QED) is 0.704. The monoisotopic (exact) mass is 379 g/mol. The fourth-order valence-electron chi connectivity index (χ4n) is 3.32. The van der Waals surface area contributed by atoms with Crippen LogP contribution in [0.15, 0.2) is 48.9 Å². The molecule has 0 bridgehead atoms. The number of aliphatic hydroxyl groups is 1. The molecule has 1 aromatic carbocycles. The number of nitrogens with zero attached hydrogens (tertiary/aromatic N) is 3. The molecule has 0 saturated heterocycles. The summed E-state index contributed by atoms with van der Waals surface area (Å²) in [6, 6.07) is 9.04. The molecule has 1 N–H and O–H groups in total. The molecule has 1 atom stereocenters. The lowest BCUT2D eigenvalue weighted by molar-refractivity contribution is 0.151. The maximum atomic E-state index is 12.7. The van der Waals surface area contributed by atoms with Crippen molar-refractivity contribution >= 4 is 0 Å². The van der Waals surface area contributed by atoms with Crippen molar-refractivity contribution in [1.82, 2.24) is 14.5 Å². The third kappa shape index (κ3) is 3.95. The second-order valence-corrected chi connectivity index (χ2v) is 6.92. The number of benzene rings is 1. The minimum Gasteiger partial charge on any atom is -0.396 e. The number of imidazole rings is 1. The van der Waals surface area contributed by atoms with Gasteiger partial charge in [-0.25, -0.2) is 13.8 Å². The fraction of sp³-hybridized carbons (Fsp3) is 0.273. The van der Waals surface area contributed by atoms with Crippen LogP contribution in [-0.4, -0.2) is 26.2 Å². The lowest BCUT2D eigenvalue weighted by atomic mass is 10.0. The van der Waals surface area contributed by atoms with E-state index in [9.17, 15) is 13.9 Å². The lowest BCUT2D eigenvalue weighted by Gasteiger charge is -2.21. The summed E-state index contributed by atoms with van der Waals surface area (Å²) in [5.41, 5.74) is 3.02. The van der Waals surface area contributed by atoms with Crippen LogP contribution in [0.2, 0.25) is 0 Å². The van der Waals surface area contributed by atoms with E-state index >= 15 is 0 Å². The molecule has 28 heavy (non-hydrogen) atoms. The Hall–Kier alpha value is -3.04. The van der Waals surface area contributed by atoms with E-state index in [2.05, 4.69) is 21.4 Å². The molecule has 0 saturated carbocycles. The SMILES string of the molecule is OCC1CCc2nc(-c3ccc(C#Cc4cncc(C(F)F)c4)cc3)cn2C1. The van der Waals surface area contributed by atoms with Gasteiger partial charge in [-0.1, -0.05) is 24.0 Å². The van der Waals surface area contributed by atoms with Gasteiger partial charge < -0.3 is 9.67 Å². The molecular weight excluding hydrogens is 360 g/mol. The molecule has 3 aromatic rings. The van der Waals surface area contributed by atoms with Gasteiger partial charge in [0.25, 0.3) is 6.43 Å². The van der Waals surface area contributed by atoms with Gasteiger partial charge in [-0.3, -0.25) is 4.98 Å².